The molecule has 0 amide bonds. The van der Waals surface area contributed by atoms with Gasteiger partial charge in [0.05, 0.1) is 19.8 Å². The average molecular weight is 607 g/mol. The van der Waals surface area contributed by atoms with Crippen LogP contribution in [0.25, 0.3) is 0 Å². The third kappa shape index (κ3) is 11.0. The monoisotopic (exact) mass is 606 g/mol. The maximum atomic E-state index is 13.6. The molecule has 11 heteroatoms. The van der Waals surface area contributed by atoms with Crippen molar-refractivity contribution in [1.29, 1.82) is 0 Å². The minimum atomic E-state index is -2.09. The van der Waals surface area contributed by atoms with Crippen LogP contribution in [0.15, 0.2) is 48.6 Å². The average Bonchev–Trinajstić information content (AvgIpc) is 2.95. The van der Waals surface area contributed by atoms with Gasteiger partial charge in [0.2, 0.25) is 6.79 Å². The van der Waals surface area contributed by atoms with Crippen molar-refractivity contribution in [3.63, 3.8) is 0 Å². The van der Waals surface area contributed by atoms with Crippen LogP contribution in [0.5, 0.6) is 0 Å². The van der Waals surface area contributed by atoms with Gasteiger partial charge in [-0.05, 0) is 53.4 Å². The van der Waals surface area contributed by atoms with E-state index in [4.69, 9.17) is 23.7 Å². The first-order chi connectivity index (χ1) is 20.1. The lowest BCUT2D eigenvalue weighted by Gasteiger charge is -2.31. The summed E-state index contributed by atoms with van der Waals surface area (Å²) in [5.41, 5.74) is -3.31. The van der Waals surface area contributed by atoms with E-state index < -0.39 is 66.1 Å². The van der Waals surface area contributed by atoms with E-state index in [1.165, 1.54) is 0 Å². The molecule has 2 unspecified atom stereocenters. The Morgan fingerprint density at radius 1 is 0.512 bits per heavy atom. The molecule has 2 atom stereocenters. The highest BCUT2D eigenvalue weighted by molar-refractivity contribution is 6.05. The normalized spacial score (nSPS) is 13.3. The fraction of sp³-hybridized carbons (Fsp3) is 0.562. The van der Waals surface area contributed by atoms with Crippen molar-refractivity contribution in [3.8, 4) is 0 Å². The largest absolute Gasteiger partial charge is 0.465 e. The van der Waals surface area contributed by atoms with Gasteiger partial charge in [-0.15, -0.1) is 0 Å². The fourth-order valence-corrected chi connectivity index (χ4v) is 4.16. The zero-order valence-corrected chi connectivity index (χ0v) is 26.4. The summed E-state index contributed by atoms with van der Waals surface area (Å²) in [7, 11) is 0. The Labute approximate surface area is 254 Å². The van der Waals surface area contributed by atoms with Crippen LogP contribution in [-0.4, -0.2) is 62.2 Å². The molecule has 0 radical (unpaired) electrons. The molecule has 0 bridgehead atoms. The topological polar surface area (TPSA) is 149 Å². The summed E-state index contributed by atoms with van der Waals surface area (Å²) < 4.78 is 25.6. The van der Waals surface area contributed by atoms with Crippen molar-refractivity contribution < 1.29 is 52.5 Å². The van der Waals surface area contributed by atoms with Gasteiger partial charge in [0.25, 0.3) is 0 Å². The summed E-state index contributed by atoms with van der Waals surface area (Å²) in [6, 6.07) is 0. The van der Waals surface area contributed by atoms with Gasteiger partial charge in [0.15, 0.2) is 5.41 Å². The van der Waals surface area contributed by atoms with E-state index in [9.17, 15) is 28.8 Å². The SMILES string of the molecule is C=C(CC)CC(CC(=C)C(=O)OCC)(C(C)=O)C(=O)OCOC(=O)C(CC(=C)CC)(CC(=C)C(=O)OCC)C(=O)OCC. The Balaban J connectivity index is 6.37. The van der Waals surface area contributed by atoms with Crippen LogP contribution in [0, 0.1) is 10.8 Å². The van der Waals surface area contributed by atoms with Crippen LogP contribution in [0.4, 0.5) is 0 Å². The maximum Gasteiger partial charge on any atom is 0.333 e. The van der Waals surface area contributed by atoms with E-state index in [1.807, 2.05) is 0 Å². The minimum Gasteiger partial charge on any atom is -0.465 e. The number of rotatable bonds is 21. The molecule has 0 N–H and O–H groups in total. The number of ketones is 1. The predicted molar refractivity (Wildman–Crippen MR) is 158 cm³/mol. The molecule has 0 aliphatic carbocycles. The van der Waals surface area contributed by atoms with Gasteiger partial charge in [-0.1, -0.05) is 51.3 Å². The van der Waals surface area contributed by atoms with Gasteiger partial charge in [-0.2, -0.15) is 0 Å². The Bertz CT molecular complexity index is 1120. The second-order valence-electron chi connectivity index (χ2n) is 9.98. The minimum absolute atomic E-state index is 0.0390. The number of Topliss-reactive ketones (excluding diaryl/α,β-unsaturated/α-hetero) is 1. The quantitative estimate of drug-likeness (QED) is 0.0439. The number of allylic oxidation sites excluding steroid dienone is 2. The first-order valence-electron chi connectivity index (χ1n) is 14.2. The molecule has 0 aliphatic heterocycles. The molecule has 43 heavy (non-hydrogen) atoms. The first-order valence-corrected chi connectivity index (χ1v) is 14.2. The summed E-state index contributed by atoms with van der Waals surface area (Å²) in [6.45, 7) is 23.6. The van der Waals surface area contributed by atoms with Gasteiger partial charge in [0.1, 0.15) is 11.2 Å². The lowest BCUT2D eigenvalue weighted by Crippen LogP contribution is -2.45. The number of hydrogen-bond acceptors (Lipinski definition) is 11. The second kappa shape index (κ2) is 18.5. The van der Waals surface area contributed by atoms with Gasteiger partial charge in [-0.25, -0.2) is 9.59 Å². The number of hydrogen-bond donors (Lipinski definition) is 0. The van der Waals surface area contributed by atoms with Crippen LogP contribution < -0.4 is 0 Å². The zero-order valence-electron chi connectivity index (χ0n) is 26.4. The first kappa shape index (κ1) is 39.0. The fourth-order valence-electron chi connectivity index (χ4n) is 4.16. The summed E-state index contributed by atoms with van der Waals surface area (Å²) >= 11 is 0. The van der Waals surface area contributed by atoms with E-state index in [-0.39, 0.29) is 43.8 Å². The van der Waals surface area contributed by atoms with Gasteiger partial charge in [0, 0.05) is 24.0 Å². The molecule has 240 valence electrons. The summed E-state index contributed by atoms with van der Waals surface area (Å²) in [4.78, 5) is 77.8. The maximum absolute atomic E-state index is 13.6. The Morgan fingerprint density at radius 3 is 1.23 bits per heavy atom. The number of ether oxygens (including phenoxy) is 5. The molecule has 0 aromatic carbocycles. The molecule has 0 spiro atoms. The molecule has 0 saturated heterocycles. The standard InChI is InChI=1S/C32H46O11/c1-11-21(6)16-31(25(10)33,18-23(8)26(34)39-13-3)28(36)42-20-43-30(38)32(17-22(7)12-2,29(37)41-15-5)19-24(9)27(35)40-14-4/h6-9,11-20H2,1-5,10H3. The summed E-state index contributed by atoms with van der Waals surface area (Å²) in [6.07, 6.45) is -0.523. The smallest absolute Gasteiger partial charge is 0.333 e. The highest BCUT2D eigenvalue weighted by atomic mass is 16.7. The van der Waals surface area contributed by atoms with Gasteiger partial charge < -0.3 is 23.7 Å². The second-order valence-corrected chi connectivity index (χ2v) is 9.98. The third-order valence-corrected chi connectivity index (χ3v) is 6.76. The molecule has 0 saturated carbocycles. The molecule has 0 aromatic heterocycles. The number of carbonyl (C=O) groups is 6. The van der Waals surface area contributed by atoms with E-state index in [1.54, 1.807) is 34.6 Å². The summed E-state index contributed by atoms with van der Waals surface area (Å²) in [5.74, 6) is -5.48. The van der Waals surface area contributed by atoms with Crippen molar-refractivity contribution in [2.75, 3.05) is 26.6 Å². The molecule has 0 aromatic rings. The number of esters is 5. The lowest BCUT2D eigenvalue weighted by molar-refractivity contribution is -0.186. The zero-order chi connectivity index (χ0) is 33.4. The van der Waals surface area contributed by atoms with Crippen molar-refractivity contribution >= 4 is 35.6 Å². The Hall–Kier alpha value is -4.02. The molecule has 0 aliphatic rings. The van der Waals surface area contributed by atoms with Crippen LogP contribution in [0.2, 0.25) is 0 Å². The molecular formula is C32H46O11. The molecule has 11 nitrogen and oxygen atoms in total. The van der Waals surface area contributed by atoms with E-state index in [0.717, 1.165) is 6.92 Å². The van der Waals surface area contributed by atoms with E-state index >= 15 is 0 Å². The third-order valence-electron chi connectivity index (χ3n) is 6.76. The van der Waals surface area contributed by atoms with Crippen molar-refractivity contribution in [2.24, 2.45) is 10.8 Å². The van der Waals surface area contributed by atoms with E-state index in [0.29, 0.717) is 24.0 Å². The molecule has 0 rings (SSSR count). The lowest BCUT2D eigenvalue weighted by atomic mass is 9.73. The van der Waals surface area contributed by atoms with Gasteiger partial charge >= 0.3 is 29.8 Å². The molecular weight excluding hydrogens is 560 g/mol. The highest BCUT2D eigenvalue weighted by Gasteiger charge is 2.51. The van der Waals surface area contributed by atoms with Crippen LogP contribution in [0.1, 0.15) is 80.1 Å². The van der Waals surface area contributed by atoms with E-state index in [2.05, 4.69) is 26.3 Å². The highest BCUT2D eigenvalue weighted by Crippen LogP contribution is 2.39. The van der Waals surface area contributed by atoms with Crippen molar-refractivity contribution in [2.45, 2.75) is 80.1 Å². The van der Waals surface area contributed by atoms with Crippen molar-refractivity contribution in [1.82, 2.24) is 0 Å². The summed E-state index contributed by atoms with van der Waals surface area (Å²) in [5, 5.41) is 0. The van der Waals surface area contributed by atoms with Crippen LogP contribution >= 0.6 is 0 Å². The number of carbonyl (C=O) groups excluding carboxylic acids is 6. The van der Waals surface area contributed by atoms with Gasteiger partial charge in [-0.3, -0.25) is 19.2 Å². The van der Waals surface area contributed by atoms with Crippen molar-refractivity contribution in [3.05, 3.63) is 48.6 Å². The Morgan fingerprint density at radius 2 is 0.860 bits per heavy atom. The van der Waals surface area contributed by atoms with Crippen LogP contribution in [0.3, 0.4) is 0 Å². The Kier molecular flexibility index (Phi) is 16.8. The van der Waals surface area contributed by atoms with Crippen LogP contribution in [-0.2, 0) is 52.5 Å². The molecule has 0 heterocycles. The molecule has 0 fully saturated rings. The predicted octanol–water partition coefficient (Wildman–Crippen LogP) is 4.89.